The first kappa shape index (κ1) is 14.4. The van der Waals surface area contributed by atoms with Gasteiger partial charge in [0.1, 0.15) is 5.75 Å². The molecule has 104 valence electrons. The van der Waals surface area contributed by atoms with Crippen molar-refractivity contribution in [3.8, 4) is 5.75 Å². The first-order chi connectivity index (χ1) is 9.52. The summed E-state index contributed by atoms with van der Waals surface area (Å²) in [7, 11) is 3.54. The molecule has 1 N–H and O–H groups in total. The molecule has 0 amide bonds. The molecule has 2 rings (SSSR count). The maximum atomic E-state index is 10.9. The number of benzene rings is 2. The van der Waals surface area contributed by atoms with Gasteiger partial charge in [-0.1, -0.05) is 0 Å². The van der Waals surface area contributed by atoms with E-state index in [1.807, 2.05) is 36.2 Å². The van der Waals surface area contributed by atoms with Crippen LogP contribution in [0.1, 0.15) is 10.4 Å². The van der Waals surface area contributed by atoms with Crippen LogP contribution in [0.3, 0.4) is 0 Å². The highest BCUT2D eigenvalue weighted by molar-refractivity contribution is 9.10. The lowest BCUT2D eigenvalue weighted by molar-refractivity contribution is 0.0697. The predicted octanol–water partition coefficient (Wildman–Crippen LogP) is 3.92. The van der Waals surface area contributed by atoms with Gasteiger partial charge in [0.2, 0.25) is 0 Å². The molecule has 0 bridgehead atoms. The molecule has 4 nitrogen and oxygen atoms in total. The zero-order valence-corrected chi connectivity index (χ0v) is 12.7. The van der Waals surface area contributed by atoms with Crippen LogP contribution < -0.4 is 9.64 Å². The average Bonchev–Trinajstić information content (AvgIpc) is 2.46. The largest absolute Gasteiger partial charge is 0.497 e. The van der Waals surface area contributed by atoms with E-state index in [9.17, 15) is 4.79 Å². The van der Waals surface area contributed by atoms with Crippen LogP contribution in [-0.2, 0) is 0 Å². The third-order valence-corrected chi connectivity index (χ3v) is 3.65. The fourth-order valence-electron chi connectivity index (χ4n) is 1.86. The summed E-state index contributed by atoms with van der Waals surface area (Å²) in [5.41, 5.74) is 2.12. The maximum absolute atomic E-state index is 10.9. The lowest BCUT2D eigenvalue weighted by atomic mass is 10.2. The SMILES string of the molecule is COc1ccc(N(C)c2ccc(C(=O)O)cc2Br)cc1. The van der Waals surface area contributed by atoms with Crippen LogP contribution in [0.2, 0.25) is 0 Å². The van der Waals surface area contributed by atoms with Gasteiger partial charge in [-0.15, -0.1) is 0 Å². The van der Waals surface area contributed by atoms with Crippen LogP contribution in [0.5, 0.6) is 5.75 Å². The van der Waals surface area contributed by atoms with Crippen LogP contribution in [0, 0.1) is 0 Å². The van der Waals surface area contributed by atoms with E-state index in [4.69, 9.17) is 9.84 Å². The maximum Gasteiger partial charge on any atom is 0.335 e. The summed E-state index contributed by atoms with van der Waals surface area (Å²) in [6.07, 6.45) is 0. The van der Waals surface area contributed by atoms with E-state index < -0.39 is 5.97 Å². The Morgan fingerprint density at radius 1 is 1.20 bits per heavy atom. The first-order valence-electron chi connectivity index (χ1n) is 5.93. The van der Waals surface area contributed by atoms with E-state index in [2.05, 4.69) is 15.9 Å². The summed E-state index contributed by atoms with van der Waals surface area (Å²) in [4.78, 5) is 12.9. The normalized spacial score (nSPS) is 10.2. The molecule has 20 heavy (non-hydrogen) atoms. The van der Waals surface area contributed by atoms with E-state index in [1.54, 1.807) is 25.3 Å². The summed E-state index contributed by atoms with van der Waals surface area (Å²) in [5, 5.41) is 8.97. The molecule has 0 aliphatic heterocycles. The second kappa shape index (κ2) is 5.96. The van der Waals surface area contributed by atoms with Crippen molar-refractivity contribution in [3.05, 3.63) is 52.5 Å². The Labute approximate surface area is 125 Å². The molecule has 0 unspecified atom stereocenters. The van der Waals surface area contributed by atoms with Gasteiger partial charge in [-0.25, -0.2) is 4.79 Å². The number of nitrogens with zero attached hydrogens (tertiary/aromatic N) is 1. The van der Waals surface area contributed by atoms with Crippen LogP contribution in [0.4, 0.5) is 11.4 Å². The van der Waals surface area contributed by atoms with Crippen molar-refractivity contribution in [1.82, 2.24) is 0 Å². The number of carboxylic acids is 1. The summed E-state index contributed by atoms with van der Waals surface area (Å²) in [6.45, 7) is 0. The number of rotatable bonds is 4. The Morgan fingerprint density at radius 3 is 2.35 bits per heavy atom. The monoisotopic (exact) mass is 335 g/mol. The van der Waals surface area contributed by atoms with Gasteiger partial charge < -0.3 is 14.7 Å². The topological polar surface area (TPSA) is 49.8 Å². The summed E-state index contributed by atoms with van der Waals surface area (Å²) in [6, 6.07) is 12.6. The van der Waals surface area contributed by atoms with Crippen molar-refractivity contribution < 1.29 is 14.6 Å². The molecule has 0 atom stereocenters. The fourth-order valence-corrected chi connectivity index (χ4v) is 2.50. The number of anilines is 2. The van der Waals surface area contributed by atoms with Gasteiger partial charge in [-0.3, -0.25) is 0 Å². The van der Waals surface area contributed by atoms with E-state index in [0.29, 0.717) is 0 Å². The summed E-state index contributed by atoms with van der Waals surface area (Å²) >= 11 is 3.41. The molecule has 0 aliphatic carbocycles. The molecule has 2 aromatic carbocycles. The van der Waals surface area contributed by atoms with Crippen molar-refractivity contribution in [1.29, 1.82) is 0 Å². The lowest BCUT2D eigenvalue weighted by Crippen LogP contribution is -2.10. The Morgan fingerprint density at radius 2 is 1.85 bits per heavy atom. The van der Waals surface area contributed by atoms with Gasteiger partial charge in [0.25, 0.3) is 0 Å². The minimum absolute atomic E-state index is 0.253. The van der Waals surface area contributed by atoms with Gasteiger partial charge in [0.05, 0.1) is 18.4 Å². The minimum Gasteiger partial charge on any atom is -0.497 e. The number of carbonyl (C=O) groups is 1. The van der Waals surface area contributed by atoms with E-state index in [-0.39, 0.29) is 5.56 Å². The molecule has 0 radical (unpaired) electrons. The Hall–Kier alpha value is -2.01. The quantitative estimate of drug-likeness (QED) is 0.919. The van der Waals surface area contributed by atoms with Crippen molar-refractivity contribution in [2.75, 3.05) is 19.1 Å². The van der Waals surface area contributed by atoms with Crippen LogP contribution in [0.15, 0.2) is 46.9 Å². The van der Waals surface area contributed by atoms with Crippen molar-refractivity contribution in [3.63, 3.8) is 0 Å². The molecule has 0 saturated carbocycles. The predicted molar refractivity (Wildman–Crippen MR) is 82.2 cm³/mol. The number of aromatic carboxylic acids is 1. The molecule has 0 aliphatic rings. The summed E-state index contributed by atoms with van der Waals surface area (Å²) < 4.78 is 5.86. The van der Waals surface area contributed by atoms with Crippen LogP contribution in [-0.4, -0.2) is 25.2 Å². The molecule has 0 saturated heterocycles. The number of hydrogen-bond donors (Lipinski definition) is 1. The number of carboxylic acid groups (broad SMARTS) is 1. The molecule has 0 spiro atoms. The van der Waals surface area contributed by atoms with Gasteiger partial charge in [-0.05, 0) is 58.4 Å². The molecule has 5 heteroatoms. The lowest BCUT2D eigenvalue weighted by Gasteiger charge is -2.21. The average molecular weight is 336 g/mol. The second-order valence-electron chi connectivity index (χ2n) is 4.23. The highest BCUT2D eigenvalue weighted by Crippen LogP contribution is 2.32. The van der Waals surface area contributed by atoms with E-state index >= 15 is 0 Å². The highest BCUT2D eigenvalue weighted by Gasteiger charge is 2.11. The van der Waals surface area contributed by atoms with Crippen LogP contribution >= 0.6 is 15.9 Å². The molecule has 0 heterocycles. The van der Waals surface area contributed by atoms with Crippen molar-refractivity contribution >= 4 is 33.3 Å². The standard InChI is InChI=1S/C15H14BrNO3/c1-17(11-4-6-12(20-2)7-5-11)14-8-3-10(15(18)19)9-13(14)16/h3-9H,1-2H3,(H,18,19). The fraction of sp³-hybridized carbons (Fsp3) is 0.133. The molecule has 2 aromatic rings. The number of ether oxygens (including phenoxy) is 1. The Balaban J connectivity index is 2.32. The Kier molecular flexibility index (Phi) is 4.29. The van der Waals surface area contributed by atoms with E-state index in [1.165, 1.54) is 0 Å². The van der Waals surface area contributed by atoms with Crippen molar-refractivity contribution in [2.24, 2.45) is 0 Å². The second-order valence-corrected chi connectivity index (χ2v) is 5.08. The van der Waals surface area contributed by atoms with Crippen molar-refractivity contribution in [2.45, 2.75) is 0 Å². The highest BCUT2D eigenvalue weighted by atomic mass is 79.9. The number of methoxy groups -OCH3 is 1. The van der Waals surface area contributed by atoms with Gasteiger partial charge in [-0.2, -0.15) is 0 Å². The molecule has 0 aromatic heterocycles. The zero-order chi connectivity index (χ0) is 14.7. The summed E-state index contributed by atoms with van der Waals surface area (Å²) in [5.74, 6) is -0.146. The third kappa shape index (κ3) is 2.93. The van der Waals surface area contributed by atoms with E-state index in [0.717, 1.165) is 21.6 Å². The molecular formula is C15H14BrNO3. The number of halogens is 1. The third-order valence-electron chi connectivity index (χ3n) is 3.02. The smallest absolute Gasteiger partial charge is 0.335 e. The van der Waals surface area contributed by atoms with Gasteiger partial charge in [0, 0.05) is 17.2 Å². The zero-order valence-electron chi connectivity index (χ0n) is 11.1. The van der Waals surface area contributed by atoms with Gasteiger partial charge >= 0.3 is 5.97 Å². The molecular weight excluding hydrogens is 322 g/mol. The first-order valence-corrected chi connectivity index (χ1v) is 6.73. The number of hydrogen-bond acceptors (Lipinski definition) is 3. The molecule has 0 fully saturated rings. The Bertz CT molecular complexity index is 626. The van der Waals surface area contributed by atoms with Gasteiger partial charge in [0.15, 0.2) is 0 Å². The van der Waals surface area contributed by atoms with Crippen LogP contribution in [0.25, 0.3) is 0 Å². The minimum atomic E-state index is -0.940.